The van der Waals surface area contributed by atoms with Crippen LogP contribution in [0.3, 0.4) is 0 Å². The lowest BCUT2D eigenvalue weighted by atomic mass is 9.85. The number of piperazine rings is 1. The zero-order chi connectivity index (χ0) is 14.6. The second-order valence-corrected chi connectivity index (χ2v) is 5.64. The van der Waals surface area contributed by atoms with Crippen molar-refractivity contribution in [3.8, 4) is 0 Å². The van der Waals surface area contributed by atoms with Gasteiger partial charge >= 0.3 is 0 Å². The quantitative estimate of drug-likeness (QED) is 0.803. The zero-order valence-corrected chi connectivity index (χ0v) is 13.0. The van der Waals surface area contributed by atoms with Gasteiger partial charge in [0.15, 0.2) is 0 Å². The van der Waals surface area contributed by atoms with Crippen LogP contribution in [0.4, 0.5) is 0 Å². The minimum absolute atomic E-state index is 0.0235. The Kier molecular flexibility index (Phi) is 5.39. The first-order valence-corrected chi connectivity index (χ1v) is 7.56. The summed E-state index contributed by atoms with van der Waals surface area (Å²) in [5.41, 5.74) is -0.166. The monoisotopic (exact) mass is 268 g/mol. The third-order valence-electron chi connectivity index (χ3n) is 4.91. The lowest BCUT2D eigenvalue weighted by molar-refractivity contribution is -0.153. The molecule has 2 amide bonds. The number of carbonyl (C=O) groups excluding carboxylic acids is 2. The predicted octanol–water partition coefficient (Wildman–Crippen LogP) is 2.33. The van der Waals surface area contributed by atoms with Gasteiger partial charge in [0, 0.05) is 5.54 Å². The molecule has 0 aliphatic carbocycles. The molecule has 1 saturated heterocycles. The van der Waals surface area contributed by atoms with Crippen molar-refractivity contribution in [1.82, 2.24) is 10.2 Å². The van der Waals surface area contributed by atoms with E-state index in [4.69, 9.17) is 0 Å². The van der Waals surface area contributed by atoms with Crippen molar-refractivity contribution in [3.05, 3.63) is 0 Å². The van der Waals surface area contributed by atoms with Crippen molar-refractivity contribution in [1.29, 1.82) is 0 Å². The number of amides is 2. The molecule has 0 aromatic carbocycles. The molecule has 0 bridgehead atoms. The van der Waals surface area contributed by atoms with Gasteiger partial charge in [-0.15, -0.1) is 0 Å². The number of rotatable bonds is 6. The number of nitrogens with zero attached hydrogens (tertiary/aromatic N) is 1. The van der Waals surface area contributed by atoms with Crippen LogP contribution in [0, 0.1) is 5.92 Å². The van der Waals surface area contributed by atoms with Crippen LogP contribution >= 0.6 is 0 Å². The fourth-order valence-corrected chi connectivity index (χ4v) is 3.02. The molecule has 0 spiro atoms. The fourth-order valence-electron chi connectivity index (χ4n) is 3.02. The molecule has 0 saturated carbocycles. The predicted molar refractivity (Wildman–Crippen MR) is 76.7 cm³/mol. The lowest BCUT2D eigenvalue weighted by Crippen LogP contribution is -2.66. The Labute approximate surface area is 116 Å². The molecule has 4 nitrogen and oxygen atoms in total. The van der Waals surface area contributed by atoms with Crippen molar-refractivity contribution in [3.63, 3.8) is 0 Å². The molecular weight excluding hydrogens is 240 g/mol. The lowest BCUT2D eigenvalue weighted by Gasteiger charge is -2.47. The molecule has 110 valence electrons. The summed E-state index contributed by atoms with van der Waals surface area (Å²) in [6.45, 7) is 10.6. The molecule has 2 atom stereocenters. The molecular formula is C15H28N2O2. The van der Waals surface area contributed by atoms with Crippen LogP contribution in [-0.2, 0) is 9.59 Å². The van der Waals surface area contributed by atoms with Crippen molar-refractivity contribution >= 4 is 11.8 Å². The van der Waals surface area contributed by atoms with Gasteiger partial charge in [0.2, 0.25) is 11.8 Å². The SMILES string of the molecule is CCC(C)C1NC(=O)CN(C(CC)(CC)CC)C1=O. The maximum atomic E-state index is 12.7. The van der Waals surface area contributed by atoms with Crippen LogP contribution in [0.1, 0.15) is 60.3 Å². The standard InChI is InChI=1S/C15H28N2O2/c1-6-11(5)13-14(19)17(10-12(18)16-13)15(7-2,8-3)9-4/h11,13H,6-10H2,1-5H3,(H,16,18). The van der Waals surface area contributed by atoms with Crippen LogP contribution in [0.15, 0.2) is 0 Å². The van der Waals surface area contributed by atoms with Crippen molar-refractivity contribution < 1.29 is 9.59 Å². The van der Waals surface area contributed by atoms with Gasteiger partial charge in [0.25, 0.3) is 0 Å². The summed E-state index contributed by atoms with van der Waals surface area (Å²) in [7, 11) is 0. The van der Waals surface area contributed by atoms with Gasteiger partial charge in [-0.3, -0.25) is 9.59 Å². The maximum absolute atomic E-state index is 12.7. The topological polar surface area (TPSA) is 49.4 Å². The molecule has 1 N–H and O–H groups in total. The first-order valence-electron chi connectivity index (χ1n) is 7.56. The third-order valence-corrected chi connectivity index (χ3v) is 4.91. The van der Waals surface area contributed by atoms with E-state index in [0.717, 1.165) is 25.7 Å². The Bertz CT molecular complexity index is 329. The Morgan fingerprint density at radius 3 is 2.16 bits per heavy atom. The van der Waals surface area contributed by atoms with Gasteiger partial charge in [-0.25, -0.2) is 0 Å². The summed E-state index contributed by atoms with van der Waals surface area (Å²) >= 11 is 0. The van der Waals surface area contributed by atoms with Crippen molar-refractivity contribution in [2.24, 2.45) is 5.92 Å². The Morgan fingerprint density at radius 2 is 1.74 bits per heavy atom. The molecule has 1 fully saturated rings. The average Bonchev–Trinajstić information content (AvgIpc) is 2.43. The van der Waals surface area contributed by atoms with Gasteiger partial charge in [-0.05, 0) is 25.2 Å². The van der Waals surface area contributed by atoms with Crippen molar-refractivity contribution in [2.45, 2.75) is 71.9 Å². The molecule has 1 aliphatic rings. The highest BCUT2D eigenvalue weighted by Gasteiger charge is 2.43. The van der Waals surface area contributed by atoms with Gasteiger partial charge in [-0.1, -0.05) is 41.0 Å². The first kappa shape index (κ1) is 16.0. The summed E-state index contributed by atoms with van der Waals surface area (Å²) in [6, 6.07) is -0.352. The van der Waals surface area contributed by atoms with E-state index in [1.54, 1.807) is 0 Å². The second-order valence-electron chi connectivity index (χ2n) is 5.64. The van der Waals surface area contributed by atoms with Gasteiger partial charge in [-0.2, -0.15) is 0 Å². The van der Waals surface area contributed by atoms with Crippen molar-refractivity contribution in [2.75, 3.05) is 6.54 Å². The van der Waals surface area contributed by atoms with E-state index in [-0.39, 0.29) is 35.9 Å². The smallest absolute Gasteiger partial charge is 0.246 e. The maximum Gasteiger partial charge on any atom is 0.246 e. The summed E-state index contributed by atoms with van der Waals surface area (Å²) in [6.07, 6.45) is 3.58. The van der Waals surface area contributed by atoms with Crippen LogP contribution in [-0.4, -0.2) is 34.8 Å². The first-order chi connectivity index (χ1) is 8.95. The van der Waals surface area contributed by atoms with Gasteiger partial charge < -0.3 is 10.2 Å². The molecule has 0 aromatic heterocycles. The summed E-state index contributed by atoms with van der Waals surface area (Å²) in [5, 5.41) is 2.86. The molecule has 19 heavy (non-hydrogen) atoms. The van der Waals surface area contributed by atoms with Crippen LogP contribution in [0.2, 0.25) is 0 Å². The summed E-state index contributed by atoms with van der Waals surface area (Å²) in [5.74, 6) is 0.256. The van der Waals surface area contributed by atoms with Gasteiger partial charge in [0.1, 0.15) is 12.6 Å². The van der Waals surface area contributed by atoms with E-state index in [1.165, 1.54) is 0 Å². The average molecular weight is 268 g/mol. The molecule has 0 radical (unpaired) electrons. The molecule has 1 aliphatic heterocycles. The normalized spacial score (nSPS) is 22.4. The Hall–Kier alpha value is -1.06. The molecule has 0 aromatic rings. The number of hydrogen-bond acceptors (Lipinski definition) is 2. The zero-order valence-electron chi connectivity index (χ0n) is 13.0. The minimum atomic E-state index is -0.352. The van der Waals surface area contributed by atoms with E-state index >= 15 is 0 Å². The molecule has 1 heterocycles. The molecule has 1 rings (SSSR count). The minimum Gasteiger partial charge on any atom is -0.342 e. The number of hydrogen-bond donors (Lipinski definition) is 1. The van der Waals surface area contributed by atoms with Crippen LogP contribution < -0.4 is 5.32 Å². The molecule has 2 unspecified atom stereocenters. The van der Waals surface area contributed by atoms with E-state index < -0.39 is 0 Å². The van der Waals surface area contributed by atoms with Crippen LogP contribution in [0.5, 0.6) is 0 Å². The van der Waals surface area contributed by atoms with E-state index in [9.17, 15) is 9.59 Å². The van der Waals surface area contributed by atoms with E-state index in [2.05, 4.69) is 33.0 Å². The Balaban J connectivity index is 3.05. The highest BCUT2D eigenvalue weighted by atomic mass is 16.2. The number of nitrogens with one attached hydrogen (secondary N) is 1. The van der Waals surface area contributed by atoms with Crippen LogP contribution in [0.25, 0.3) is 0 Å². The summed E-state index contributed by atoms with van der Waals surface area (Å²) in [4.78, 5) is 26.5. The largest absolute Gasteiger partial charge is 0.342 e. The van der Waals surface area contributed by atoms with Gasteiger partial charge in [0.05, 0.1) is 0 Å². The fraction of sp³-hybridized carbons (Fsp3) is 0.867. The highest BCUT2D eigenvalue weighted by molar-refractivity contribution is 5.95. The highest BCUT2D eigenvalue weighted by Crippen LogP contribution is 2.30. The summed E-state index contributed by atoms with van der Waals surface area (Å²) < 4.78 is 0. The number of carbonyl (C=O) groups is 2. The molecule has 4 heteroatoms. The van der Waals surface area contributed by atoms with E-state index in [1.807, 2.05) is 11.8 Å². The van der Waals surface area contributed by atoms with E-state index in [0.29, 0.717) is 0 Å². The second kappa shape index (κ2) is 6.40. The Morgan fingerprint density at radius 1 is 1.21 bits per heavy atom. The third kappa shape index (κ3) is 2.93.